The van der Waals surface area contributed by atoms with E-state index in [0.29, 0.717) is 0 Å². The molecule has 0 saturated heterocycles. The van der Waals surface area contributed by atoms with E-state index in [4.69, 9.17) is 0 Å². The normalized spacial score (nSPS) is 13.6. The van der Waals surface area contributed by atoms with Crippen LogP contribution in [0.25, 0.3) is 44.1 Å². The van der Waals surface area contributed by atoms with E-state index in [0.717, 1.165) is 12.8 Å². The lowest BCUT2D eigenvalue weighted by Crippen LogP contribution is -1.89. The number of para-hydroxylation sites is 1. The van der Waals surface area contributed by atoms with Gasteiger partial charge in [0.25, 0.3) is 0 Å². The fourth-order valence-electron chi connectivity index (χ4n) is 5.37. The third-order valence-corrected chi connectivity index (χ3v) is 6.49. The molecule has 4 aromatic carbocycles. The van der Waals surface area contributed by atoms with E-state index in [-0.39, 0.29) is 0 Å². The molecular formula is C26H17N. The van der Waals surface area contributed by atoms with Gasteiger partial charge in [-0.15, -0.1) is 0 Å². The summed E-state index contributed by atoms with van der Waals surface area (Å²) in [5.41, 5.74) is 14.2. The van der Waals surface area contributed by atoms with Crippen molar-refractivity contribution in [1.29, 1.82) is 0 Å². The Kier molecular flexibility index (Phi) is 2.40. The van der Waals surface area contributed by atoms with Gasteiger partial charge in [-0.1, -0.05) is 60.7 Å². The summed E-state index contributed by atoms with van der Waals surface area (Å²) in [6.07, 6.45) is 2.10. The zero-order valence-electron chi connectivity index (χ0n) is 14.8. The van der Waals surface area contributed by atoms with Crippen LogP contribution in [-0.4, -0.2) is 4.98 Å². The predicted molar refractivity (Wildman–Crippen MR) is 112 cm³/mol. The van der Waals surface area contributed by atoms with Crippen molar-refractivity contribution in [2.75, 3.05) is 0 Å². The Labute approximate surface area is 157 Å². The van der Waals surface area contributed by atoms with Crippen molar-refractivity contribution in [2.24, 2.45) is 0 Å². The van der Waals surface area contributed by atoms with Gasteiger partial charge in [0.05, 0.1) is 0 Å². The monoisotopic (exact) mass is 343 g/mol. The first-order valence-corrected chi connectivity index (χ1v) is 9.64. The van der Waals surface area contributed by atoms with Crippen LogP contribution < -0.4 is 0 Å². The average Bonchev–Trinajstić information content (AvgIpc) is 3.37. The molecule has 2 aliphatic carbocycles. The summed E-state index contributed by atoms with van der Waals surface area (Å²) in [7, 11) is 0. The second-order valence-electron chi connectivity index (χ2n) is 7.82. The fourth-order valence-corrected chi connectivity index (χ4v) is 5.37. The minimum absolute atomic E-state index is 1.03. The van der Waals surface area contributed by atoms with E-state index in [9.17, 15) is 0 Å². The molecule has 5 aromatic rings. The molecule has 0 atom stereocenters. The van der Waals surface area contributed by atoms with Crippen molar-refractivity contribution >= 4 is 21.8 Å². The first kappa shape index (κ1) is 13.8. The molecule has 1 aromatic heterocycles. The van der Waals surface area contributed by atoms with Gasteiger partial charge >= 0.3 is 0 Å². The molecule has 1 heterocycles. The van der Waals surface area contributed by atoms with Gasteiger partial charge in [0.15, 0.2) is 0 Å². The number of fused-ring (bicyclic) bond motifs is 11. The maximum Gasteiger partial charge on any atom is 0.0468 e. The molecule has 126 valence electrons. The van der Waals surface area contributed by atoms with Crippen LogP contribution in [0.15, 0.2) is 72.8 Å². The van der Waals surface area contributed by atoms with Gasteiger partial charge < -0.3 is 4.98 Å². The average molecular weight is 343 g/mol. The number of rotatable bonds is 0. The number of H-pyrrole nitrogens is 1. The zero-order valence-corrected chi connectivity index (χ0v) is 14.8. The highest BCUT2D eigenvalue weighted by atomic mass is 14.7. The van der Waals surface area contributed by atoms with Crippen molar-refractivity contribution in [3.63, 3.8) is 0 Å². The molecule has 0 saturated carbocycles. The third kappa shape index (κ3) is 1.65. The summed E-state index contributed by atoms with van der Waals surface area (Å²) < 4.78 is 0. The second kappa shape index (κ2) is 4.69. The summed E-state index contributed by atoms with van der Waals surface area (Å²) in [5.74, 6) is 0. The highest BCUT2D eigenvalue weighted by Gasteiger charge is 2.29. The number of benzene rings is 4. The number of aromatic amines is 1. The van der Waals surface area contributed by atoms with E-state index in [1.165, 1.54) is 66.3 Å². The van der Waals surface area contributed by atoms with Gasteiger partial charge in [-0.05, 0) is 69.5 Å². The Morgan fingerprint density at radius 3 is 2.37 bits per heavy atom. The first-order chi connectivity index (χ1) is 13.4. The van der Waals surface area contributed by atoms with Gasteiger partial charge in [-0.2, -0.15) is 0 Å². The van der Waals surface area contributed by atoms with Crippen LogP contribution in [0.4, 0.5) is 0 Å². The van der Waals surface area contributed by atoms with Crippen LogP contribution in [0.5, 0.6) is 0 Å². The largest absolute Gasteiger partial charge is 0.355 e. The Morgan fingerprint density at radius 1 is 0.556 bits per heavy atom. The third-order valence-electron chi connectivity index (χ3n) is 6.49. The van der Waals surface area contributed by atoms with Crippen LogP contribution in [0.2, 0.25) is 0 Å². The molecule has 0 aliphatic heterocycles. The lowest BCUT2D eigenvalue weighted by atomic mass is 9.95. The molecular weight excluding hydrogens is 326 g/mol. The molecule has 2 aliphatic rings. The minimum Gasteiger partial charge on any atom is -0.355 e. The van der Waals surface area contributed by atoms with Crippen LogP contribution in [-0.2, 0) is 12.8 Å². The highest BCUT2D eigenvalue weighted by Crippen LogP contribution is 2.49. The van der Waals surface area contributed by atoms with Gasteiger partial charge in [0.1, 0.15) is 0 Å². The van der Waals surface area contributed by atoms with Crippen molar-refractivity contribution in [2.45, 2.75) is 12.8 Å². The summed E-state index contributed by atoms with van der Waals surface area (Å²) in [6, 6.07) is 26.9. The quantitative estimate of drug-likeness (QED) is 0.325. The summed E-state index contributed by atoms with van der Waals surface area (Å²) >= 11 is 0. The van der Waals surface area contributed by atoms with E-state index < -0.39 is 0 Å². The SMILES string of the molecule is c1ccc2c(c1)Cc1ccc3c(c1-2)Cc1c-3ccc2[nH]c3ccccc3c12. The number of hydrogen-bond donors (Lipinski definition) is 1. The molecule has 1 N–H and O–H groups in total. The van der Waals surface area contributed by atoms with Crippen LogP contribution in [0, 0.1) is 0 Å². The molecule has 0 amide bonds. The van der Waals surface area contributed by atoms with E-state index >= 15 is 0 Å². The lowest BCUT2D eigenvalue weighted by Gasteiger charge is -2.08. The predicted octanol–water partition coefficient (Wildman–Crippen LogP) is 6.46. The summed E-state index contributed by atoms with van der Waals surface area (Å²) in [4.78, 5) is 3.60. The Balaban J connectivity index is 1.56. The zero-order chi connectivity index (χ0) is 17.5. The van der Waals surface area contributed by atoms with Crippen molar-refractivity contribution < 1.29 is 0 Å². The van der Waals surface area contributed by atoms with Crippen molar-refractivity contribution in [1.82, 2.24) is 4.98 Å². The topological polar surface area (TPSA) is 15.8 Å². The van der Waals surface area contributed by atoms with E-state index in [2.05, 4.69) is 77.8 Å². The van der Waals surface area contributed by atoms with Crippen molar-refractivity contribution in [3.8, 4) is 22.3 Å². The van der Waals surface area contributed by atoms with E-state index in [1.807, 2.05) is 0 Å². The van der Waals surface area contributed by atoms with Crippen molar-refractivity contribution in [3.05, 3.63) is 95.1 Å². The molecule has 27 heavy (non-hydrogen) atoms. The number of aromatic nitrogens is 1. The molecule has 0 spiro atoms. The molecule has 0 radical (unpaired) electrons. The maximum absolute atomic E-state index is 3.60. The maximum atomic E-state index is 3.60. The van der Waals surface area contributed by atoms with Crippen LogP contribution in [0.1, 0.15) is 22.3 Å². The highest BCUT2D eigenvalue weighted by molar-refractivity contribution is 6.12. The second-order valence-corrected chi connectivity index (χ2v) is 7.82. The Bertz CT molecular complexity index is 1420. The molecule has 1 nitrogen and oxygen atoms in total. The summed E-state index contributed by atoms with van der Waals surface area (Å²) in [6.45, 7) is 0. The van der Waals surface area contributed by atoms with Gasteiger partial charge in [0, 0.05) is 21.8 Å². The summed E-state index contributed by atoms with van der Waals surface area (Å²) in [5, 5.41) is 2.74. The van der Waals surface area contributed by atoms with Crippen LogP contribution in [0.3, 0.4) is 0 Å². The molecule has 0 unspecified atom stereocenters. The first-order valence-electron chi connectivity index (χ1n) is 9.64. The van der Waals surface area contributed by atoms with Gasteiger partial charge in [-0.25, -0.2) is 0 Å². The van der Waals surface area contributed by atoms with Gasteiger partial charge in [-0.3, -0.25) is 0 Å². The smallest absolute Gasteiger partial charge is 0.0468 e. The standard InChI is InChI=1S/C26H17N/c1-2-6-17-15(5-1)13-16-9-10-18-19-11-12-24-26(22(19)14-21(18)25(16)17)20-7-3-4-8-23(20)27-24/h1-12,27H,13-14H2. The Hall–Kier alpha value is -3.32. The molecule has 0 bridgehead atoms. The van der Waals surface area contributed by atoms with Crippen LogP contribution >= 0.6 is 0 Å². The lowest BCUT2D eigenvalue weighted by molar-refractivity contribution is 1.24. The fraction of sp³-hybridized carbons (Fsp3) is 0.0769. The molecule has 0 fully saturated rings. The van der Waals surface area contributed by atoms with E-state index in [1.54, 1.807) is 0 Å². The Morgan fingerprint density at radius 2 is 1.37 bits per heavy atom. The van der Waals surface area contributed by atoms with Gasteiger partial charge in [0.2, 0.25) is 0 Å². The molecule has 1 heteroatoms. The number of nitrogens with one attached hydrogen (secondary N) is 1. The molecule has 7 rings (SSSR count). The minimum atomic E-state index is 1.03. The number of hydrogen-bond acceptors (Lipinski definition) is 0.